The van der Waals surface area contributed by atoms with Crippen LogP contribution in [0.2, 0.25) is 0 Å². The highest BCUT2D eigenvalue weighted by Crippen LogP contribution is 2.30. The fourth-order valence-electron chi connectivity index (χ4n) is 1.99. The maximum atomic E-state index is 4.33. The minimum absolute atomic E-state index is 0.226. The molecule has 2 aromatic rings. The van der Waals surface area contributed by atoms with Crippen LogP contribution in [0.25, 0.3) is 0 Å². The van der Waals surface area contributed by atoms with Crippen LogP contribution in [0.5, 0.6) is 0 Å². The Morgan fingerprint density at radius 3 is 1.82 bits per heavy atom. The molecular weight excluding hydrogens is 212 g/mol. The Morgan fingerprint density at radius 1 is 0.882 bits per heavy atom. The third kappa shape index (κ3) is 2.64. The normalized spacial score (nSPS) is 14.2. The van der Waals surface area contributed by atoms with Crippen molar-refractivity contribution in [2.24, 2.45) is 0 Å². The minimum Gasteiger partial charge on any atom is -0.241 e. The Hall–Kier alpha value is -1.84. The predicted octanol–water partition coefficient (Wildman–Crippen LogP) is 2.56. The van der Waals surface area contributed by atoms with E-state index in [0.717, 1.165) is 18.1 Å². The first-order valence-electron chi connectivity index (χ1n) is 5.86. The molecule has 0 saturated carbocycles. The first kappa shape index (κ1) is 11.6. The van der Waals surface area contributed by atoms with Crippen LogP contribution in [0.15, 0.2) is 36.9 Å². The Kier molecular flexibility index (Phi) is 3.75. The van der Waals surface area contributed by atoms with Crippen molar-refractivity contribution in [1.29, 1.82) is 0 Å². The maximum absolute atomic E-state index is 4.33. The van der Waals surface area contributed by atoms with Crippen LogP contribution in [0.1, 0.15) is 43.8 Å². The van der Waals surface area contributed by atoms with Crippen molar-refractivity contribution in [2.45, 2.75) is 32.1 Å². The third-order valence-electron chi connectivity index (χ3n) is 2.95. The first-order chi connectivity index (χ1) is 8.33. The quantitative estimate of drug-likeness (QED) is 0.807. The van der Waals surface area contributed by atoms with Crippen molar-refractivity contribution in [1.82, 2.24) is 19.9 Å². The fourth-order valence-corrected chi connectivity index (χ4v) is 1.99. The van der Waals surface area contributed by atoms with E-state index in [9.17, 15) is 0 Å². The zero-order valence-electron chi connectivity index (χ0n) is 10.1. The van der Waals surface area contributed by atoms with E-state index in [4.69, 9.17) is 0 Å². The topological polar surface area (TPSA) is 51.6 Å². The van der Waals surface area contributed by atoms with E-state index < -0.39 is 0 Å². The molecule has 88 valence electrons. The molecule has 4 heteroatoms. The van der Waals surface area contributed by atoms with E-state index in [0.29, 0.717) is 0 Å². The monoisotopic (exact) mass is 228 g/mol. The summed E-state index contributed by atoms with van der Waals surface area (Å²) in [5, 5.41) is 0. The molecule has 2 heterocycles. The number of hydrogen-bond donors (Lipinski definition) is 0. The molecule has 0 aliphatic rings. The van der Waals surface area contributed by atoms with Crippen LogP contribution in [0.3, 0.4) is 0 Å². The van der Waals surface area contributed by atoms with Gasteiger partial charge in [0.1, 0.15) is 11.6 Å². The molecule has 0 bridgehead atoms. The second-order valence-corrected chi connectivity index (χ2v) is 4.02. The van der Waals surface area contributed by atoms with E-state index in [1.54, 1.807) is 24.8 Å². The number of nitrogens with zero attached hydrogens (tertiary/aromatic N) is 4. The SMILES string of the molecule is CCC(c1ncccn1)C(C)c1ncccn1. The molecular formula is C13H16N4. The van der Waals surface area contributed by atoms with E-state index in [2.05, 4.69) is 33.8 Å². The van der Waals surface area contributed by atoms with Gasteiger partial charge in [0.25, 0.3) is 0 Å². The lowest BCUT2D eigenvalue weighted by Crippen LogP contribution is -2.13. The standard InChI is InChI=1S/C13H16N4/c1-3-11(13-16-8-5-9-17-13)10(2)12-14-6-4-7-15-12/h4-11H,3H2,1-2H3. The van der Waals surface area contributed by atoms with Gasteiger partial charge in [-0.2, -0.15) is 0 Å². The van der Waals surface area contributed by atoms with E-state index in [-0.39, 0.29) is 11.8 Å². The summed E-state index contributed by atoms with van der Waals surface area (Å²) in [6.45, 7) is 4.26. The molecule has 4 nitrogen and oxygen atoms in total. The van der Waals surface area contributed by atoms with Gasteiger partial charge in [-0.25, -0.2) is 19.9 Å². The summed E-state index contributed by atoms with van der Waals surface area (Å²) < 4.78 is 0. The van der Waals surface area contributed by atoms with Crippen molar-refractivity contribution in [3.05, 3.63) is 48.6 Å². The summed E-state index contributed by atoms with van der Waals surface area (Å²) in [5.74, 6) is 2.21. The molecule has 0 saturated heterocycles. The molecule has 0 fully saturated rings. The number of rotatable bonds is 4. The molecule has 0 spiro atoms. The van der Waals surface area contributed by atoms with Crippen LogP contribution < -0.4 is 0 Å². The van der Waals surface area contributed by atoms with Crippen LogP contribution in [-0.4, -0.2) is 19.9 Å². The van der Waals surface area contributed by atoms with Gasteiger partial charge in [0, 0.05) is 36.6 Å². The third-order valence-corrected chi connectivity index (χ3v) is 2.95. The molecule has 0 aliphatic carbocycles. The molecule has 0 aliphatic heterocycles. The van der Waals surface area contributed by atoms with Crippen molar-refractivity contribution < 1.29 is 0 Å². The van der Waals surface area contributed by atoms with Gasteiger partial charge < -0.3 is 0 Å². The molecule has 17 heavy (non-hydrogen) atoms. The predicted molar refractivity (Wildman–Crippen MR) is 65.5 cm³/mol. The van der Waals surface area contributed by atoms with Gasteiger partial charge in [-0.3, -0.25) is 0 Å². The largest absolute Gasteiger partial charge is 0.241 e. The lowest BCUT2D eigenvalue weighted by molar-refractivity contribution is 0.509. The van der Waals surface area contributed by atoms with Crippen molar-refractivity contribution in [3.8, 4) is 0 Å². The highest BCUT2D eigenvalue weighted by atomic mass is 14.9. The van der Waals surface area contributed by atoms with Crippen molar-refractivity contribution in [2.75, 3.05) is 0 Å². The van der Waals surface area contributed by atoms with E-state index in [1.165, 1.54) is 0 Å². The zero-order valence-corrected chi connectivity index (χ0v) is 10.1. The highest BCUT2D eigenvalue weighted by Gasteiger charge is 2.23. The molecule has 2 unspecified atom stereocenters. The van der Waals surface area contributed by atoms with E-state index in [1.807, 2.05) is 12.1 Å². The van der Waals surface area contributed by atoms with Gasteiger partial charge in [0.05, 0.1) is 0 Å². The summed E-state index contributed by atoms with van der Waals surface area (Å²) in [6, 6.07) is 3.66. The van der Waals surface area contributed by atoms with Crippen molar-refractivity contribution in [3.63, 3.8) is 0 Å². The lowest BCUT2D eigenvalue weighted by atomic mass is 9.90. The first-order valence-corrected chi connectivity index (χ1v) is 5.86. The summed E-state index contributed by atoms with van der Waals surface area (Å²) in [6.07, 6.45) is 8.09. The Balaban J connectivity index is 2.25. The zero-order chi connectivity index (χ0) is 12.1. The second-order valence-electron chi connectivity index (χ2n) is 4.02. The molecule has 0 radical (unpaired) electrons. The average Bonchev–Trinajstić information content (AvgIpc) is 2.42. The molecule has 2 rings (SSSR count). The Bertz CT molecular complexity index is 443. The molecule has 0 amide bonds. The highest BCUT2D eigenvalue weighted by molar-refractivity contribution is 5.08. The van der Waals surface area contributed by atoms with Crippen LogP contribution in [0, 0.1) is 0 Å². The van der Waals surface area contributed by atoms with Gasteiger partial charge in [-0.05, 0) is 18.6 Å². The van der Waals surface area contributed by atoms with Gasteiger partial charge in [0.15, 0.2) is 0 Å². The van der Waals surface area contributed by atoms with Gasteiger partial charge in [-0.1, -0.05) is 13.8 Å². The number of hydrogen-bond acceptors (Lipinski definition) is 4. The minimum atomic E-state index is 0.226. The van der Waals surface area contributed by atoms with Crippen LogP contribution in [0.4, 0.5) is 0 Å². The summed E-state index contributed by atoms with van der Waals surface area (Å²) in [7, 11) is 0. The lowest BCUT2D eigenvalue weighted by Gasteiger charge is -2.19. The Labute approximate surface area is 101 Å². The number of aromatic nitrogens is 4. The fraction of sp³-hybridized carbons (Fsp3) is 0.385. The Morgan fingerprint density at radius 2 is 1.35 bits per heavy atom. The molecule has 2 aromatic heterocycles. The smallest absolute Gasteiger partial charge is 0.131 e. The average molecular weight is 228 g/mol. The molecule has 0 aromatic carbocycles. The van der Waals surface area contributed by atoms with Crippen molar-refractivity contribution >= 4 is 0 Å². The van der Waals surface area contributed by atoms with Crippen LogP contribution >= 0.6 is 0 Å². The second kappa shape index (κ2) is 5.48. The molecule has 2 atom stereocenters. The summed E-state index contributed by atoms with van der Waals surface area (Å²) in [4.78, 5) is 17.3. The van der Waals surface area contributed by atoms with Gasteiger partial charge in [0.2, 0.25) is 0 Å². The molecule has 0 N–H and O–H groups in total. The summed E-state index contributed by atoms with van der Waals surface area (Å²) in [5.41, 5.74) is 0. The summed E-state index contributed by atoms with van der Waals surface area (Å²) >= 11 is 0. The van der Waals surface area contributed by atoms with Crippen LogP contribution in [-0.2, 0) is 0 Å². The van der Waals surface area contributed by atoms with Gasteiger partial charge in [-0.15, -0.1) is 0 Å². The maximum Gasteiger partial charge on any atom is 0.131 e. The van der Waals surface area contributed by atoms with Gasteiger partial charge >= 0.3 is 0 Å². The van der Waals surface area contributed by atoms with E-state index >= 15 is 0 Å².